The Hall–Kier alpha value is -1.51. The van der Waals surface area contributed by atoms with Crippen LogP contribution in [0.2, 0.25) is 0 Å². The molecule has 1 saturated heterocycles. The van der Waals surface area contributed by atoms with Gasteiger partial charge in [0.25, 0.3) is 0 Å². The highest BCUT2D eigenvalue weighted by Gasteiger charge is 2.28. The molecule has 0 bridgehead atoms. The van der Waals surface area contributed by atoms with Gasteiger partial charge >= 0.3 is 0 Å². The lowest BCUT2D eigenvalue weighted by molar-refractivity contribution is 0.0999. The number of likely N-dealkylation sites (N-methyl/N-ethyl adjacent to an activating group) is 1. The number of aromatic nitrogens is 1. The molecule has 8 heteroatoms. The van der Waals surface area contributed by atoms with Crippen molar-refractivity contribution in [3.8, 4) is 0 Å². The Bertz CT molecular complexity index is 594. The van der Waals surface area contributed by atoms with E-state index in [4.69, 9.17) is 5.73 Å². The van der Waals surface area contributed by atoms with Crippen molar-refractivity contribution in [2.75, 3.05) is 32.7 Å². The van der Waals surface area contributed by atoms with Crippen molar-refractivity contribution in [3.63, 3.8) is 0 Å². The maximum Gasteiger partial charge on any atom is 0.250 e. The second-order valence-electron chi connectivity index (χ2n) is 4.61. The molecule has 20 heavy (non-hydrogen) atoms. The maximum absolute atomic E-state index is 12.5. The van der Waals surface area contributed by atoms with Crippen molar-refractivity contribution in [1.82, 2.24) is 14.2 Å². The normalized spacial score (nSPS) is 18.1. The van der Waals surface area contributed by atoms with E-state index in [0.29, 0.717) is 26.2 Å². The summed E-state index contributed by atoms with van der Waals surface area (Å²) < 4.78 is 26.4. The second kappa shape index (κ2) is 5.86. The third-order valence-electron chi connectivity index (χ3n) is 3.41. The number of nitrogens with two attached hydrogens (primary N) is 1. The first-order chi connectivity index (χ1) is 9.45. The van der Waals surface area contributed by atoms with Gasteiger partial charge in [-0.2, -0.15) is 4.31 Å². The molecule has 1 fully saturated rings. The highest BCUT2D eigenvalue weighted by Crippen LogP contribution is 2.17. The first kappa shape index (κ1) is 14.9. The zero-order valence-electron chi connectivity index (χ0n) is 11.3. The van der Waals surface area contributed by atoms with E-state index in [9.17, 15) is 13.2 Å². The zero-order valence-corrected chi connectivity index (χ0v) is 12.1. The van der Waals surface area contributed by atoms with Gasteiger partial charge in [0.15, 0.2) is 0 Å². The summed E-state index contributed by atoms with van der Waals surface area (Å²) in [6.45, 7) is 5.25. The topological polar surface area (TPSA) is 96.6 Å². The third kappa shape index (κ3) is 2.97. The van der Waals surface area contributed by atoms with Crippen LogP contribution in [0.4, 0.5) is 0 Å². The summed E-state index contributed by atoms with van der Waals surface area (Å²) in [7, 11) is -3.61. The van der Waals surface area contributed by atoms with Crippen LogP contribution in [0.5, 0.6) is 0 Å². The van der Waals surface area contributed by atoms with Gasteiger partial charge in [-0.25, -0.2) is 8.42 Å². The summed E-state index contributed by atoms with van der Waals surface area (Å²) in [6.07, 6.45) is 2.50. The second-order valence-corrected chi connectivity index (χ2v) is 6.55. The van der Waals surface area contributed by atoms with Gasteiger partial charge in [-0.1, -0.05) is 6.92 Å². The standard InChI is InChI=1S/C12H18N4O3S/c1-2-15-3-5-16(6-4-15)20(18,19)11-7-10(12(13)17)8-14-9-11/h7-9H,2-6H2,1H3,(H2,13,17). The lowest BCUT2D eigenvalue weighted by Gasteiger charge is -2.33. The summed E-state index contributed by atoms with van der Waals surface area (Å²) in [5.74, 6) is -0.689. The number of hydrogen-bond donors (Lipinski definition) is 1. The minimum Gasteiger partial charge on any atom is -0.366 e. The molecule has 1 aromatic rings. The van der Waals surface area contributed by atoms with E-state index in [-0.39, 0.29) is 10.5 Å². The van der Waals surface area contributed by atoms with Crippen LogP contribution in [0.3, 0.4) is 0 Å². The summed E-state index contributed by atoms with van der Waals surface area (Å²) in [5, 5.41) is 0. The molecule has 0 saturated carbocycles. The van der Waals surface area contributed by atoms with E-state index in [1.807, 2.05) is 6.92 Å². The minimum atomic E-state index is -3.61. The minimum absolute atomic E-state index is 0.0127. The van der Waals surface area contributed by atoms with Crippen LogP contribution in [0.1, 0.15) is 17.3 Å². The first-order valence-electron chi connectivity index (χ1n) is 6.42. The smallest absolute Gasteiger partial charge is 0.250 e. The Kier molecular flexibility index (Phi) is 4.36. The fourth-order valence-electron chi connectivity index (χ4n) is 2.13. The van der Waals surface area contributed by atoms with E-state index >= 15 is 0 Å². The number of hydrogen-bond acceptors (Lipinski definition) is 5. The quantitative estimate of drug-likeness (QED) is 0.809. The van der Waals surface area contributed by atoms with Gasteiger partial charge in [0.05, 0.1) is 5.56 Å². The molecule has 1 aliphatic heterocycles. The van der Waals surface area contributed by atoms with Crippen molar-refractivity contribution in [1.29, 1.82) is 0 Å². The molecule has 0 spiro atoms. The highest BCUT2D eigenvalue weighted by molar-refractivity contribution is 7.89. The summed E-state index contributed by atoms with van der Waals surface area (Å²) in [4.78, 5) is 17.1. The van der Waals surface area contributed by atoms with Gasteiger partial charge in [-0.3, -0.25) is 9.78 Å². The number of amides is 1. The Balaban J connectivity index is 2.23. The number of primary amides is 1. The number of nitrogens with zero attached hydrogens (tertiary/aromatic N) is 3. The number of sulfonamides is 1. The predicted octanol–water partition coefficient (Wildman–Crippen LogP) is -0.493. The molecular weight excluding hydrogens is 280 g/mol. The monoisotopic (exact) mass is 298 g/mol. The van der Waals surface area contributed by atoms with Crippen LogP contribution in [-0.2, 0) is 10.0 Å². The maximum atomic E-state index is 12.5. The van der Waals surface area contributed by atoms with E-state index in [1.54, 1.807) is 0 Å². The van der Waals surface area contributed by atoms with E-state index < -0.39 is 15.9 Å². The highest BCUT2D eigenvalue weighted by atomic mass is 32.2. The van der Waals surface area contributed by atoms with Crippen LogP contribution >= 0.6 is 0 Å². The number of carbonyl (C=O) groups excluding carboxylic acids is 1. The van der Waals surface area contributed by atoms with Crippen LogP contribution in [0, 0.1) is 0 Å². The number of piperazine rings is 1. The van der Waals surface area contributed by atoms with Gasteiger partial charge < -0.3 is 10.6 Å². The van der Waals surface area contributed by atoms with Gasteiger partial charge in [-0.05, 0) is 12.6 Å². The molecule has 1 amide bonds. The summed E-state index contributed by atoms with van der Waals surface area (Å²) in [5.41, 5.74) is 5.24. The molecule has 1 aromatic heterocycles. The first-order valence-corrected chi connectivity index (χ1v) is 7.86. The molecular formula is C12H18N4O3S. The lowest BCUT2D eigenvalue weighted by Crippen LogP contribution is -2.48. The van der Waals surface area contributed by atoms with Gasteiger partial charge in [-0.15, -0.1) is 0 Å². The Labute approximate surface area is 118 Å². The molecule has 2 heterocycles. The molecule has 1 aliphatic rings. The summed E-state index contributed by atoms with van der Waals surface area (Å²) in [6, 6.07) is 1.27. The predicted molar refractivity (Wildman–Crippen MR) is 73.6 cm³/mol. The molecule has 2 N–H and O–H groups in total. The van der Waals surface area contributed by atoms with Crippen molar-refractivity contribution < 1.29 is 13.2 Å². The van der Waals surface area contributed by atoms with Crippen LogP contribution < -0.4 is 5.73 Å². The molecule has 0 unspecified atom stereocenters. The molecule has 7 nitrogen and oxygen atoms in total. The average molecular weight is 298 g/mol. The molecule has 0 aromatic carbocycles. The van der Waals surface area contributed by atoms with Crippen LogP contribution in [-0.4, -0.2) is 61.2 Å². The molecule has 2 rings (SSSR count). The van der Waals surface area contributed by atoms with Crippen LogP contribution in [0.15, 0.2) is 23.4 Å². The van der Waals surface area contributed by atoms with Crippen LogP contribution in [0.25, 0.3) is 0 Å². The number of pyridine rings is 1. The summed E-state index contributed by atoms with van der Waals surface area (Å²) >= 11 is 0. The fraction of sp³-hybridized carbons (Fsp3) is 0.500. The molecule has 0 radical (unpaired) electrons. The lowest BCUT2D eigenvalue weighted by atomic mass is 10.3. The fourth-order valence-corrected chi connectivity index (χ4v) is 3.54. The average Bonchev–Trinajstić information content (AvgIpc) is 2.47. The van der Waals surface area contributed by atoms with E-state index in [2.05, 4.69) is 9.88 Å². The van der Waals surface area contributed by atoms with Crippen molar-refractivity contribution in [2.24, 2.45) is 5.73 Å². The SMILES string of the molecule is CCN1CCN(S(=O)(=O)c2cncc(C(N)=O)c2)CC1. The van der Waals surface area contributed by atoms with E-state index in [0.717, 1.165) is 6.54 Å². The molecule has 110 valence electrons. The van der Waals surface area contributed by atoms with Crippen molar-refractivity contribution in [2.45, 2.75) is 11.8 Å². The number of rotatable bonds is 4. The largest absolute Gasteiger partial charge is 0.366 e. The Morgan fingerprint density at radius 1 is 1.30 bits per heavy atom. The van der Waals surface area contributed by atoms with Gasteiger partial charge in [0.2, 0.25) is 15.9 Å². The third-order valence-corrected chi connectivity index (χ3v) is 5.28. The van der Waals surface area contributed by atoms with Gasteiger partial charge in [0, 0.05) is 38.6 Å². The molecule has 0 aliphatic carbocycles. The van der Waals surface area contributed by atoms with Gasteiger partial charge in [0.1, 0.15) is 4.90 Å². The van der Waals surface area contributed by atoms with E-state index in [1.165, 1.54) is 22.8 Å². The van der Waals surface area contributed by atoms with Crippen molar-refractivity contribution >= 4 is 15.9 Å². The molecule has 0 atom stereocenters. The Morgan fingerprint density at radius 3 is 2.50 bits per heavy atom. The van der Waals surface area contributed by atoms with Crippen molar-refractivity contribution in [3.05, 3.63) is 24.0 Å². The Morgan fingerprint density at radius 2 is 1.95 bits per heavy atom. The zero-order chi connectivity index (χ0) is 14.8. The number of carbonyl (C=O) groups is 1.